The average molecular weight is 309 g/mol. The van der Waals surface area contributed by atoms with Crippen LogP contribution in [0.4, 0.5) is 0 Å². The van der Waals surface area contributed by atoms with E-state index in [-0.39, 0.29) is 10.2 Å². The van der Waals surface area contributed by atoms with Gasteiger partial charge in [0.2, 0.25) is 0 Å². The van der Waals surface area contributed by atoms with Crippen molar-refractivity contribution >= 4 is 25.8 Å². The largest absolute Gasteiger partial charge is 0.389 e. The van der Waals surface area contributed by atoms with Crippen LogP contribution in [0.5, 0.6) is 0 Å². The third-order valence-electron chi connectivity index (χ3n) is 2.17. The monoisotopic (exact) mass is 308 g/mol. The van der Waals surface area contributed by atoms with E-state index in [1.165, 1.54) is 24.3 Å². The summed E-state index contributed by atoms with van der Waals surface area (Å²) < 4.78 is 22.4. The first-order valence-corrected chi connectivity index (χ1v) is 7.59. The quantitative estimate of drug-likeness (QED) is 0.810. The number of sulfone groups is 1. The Morgan fingerprint density at radius 3 is 2.12 bits per heavy atom. The Bertz CT molecular complexity index is 440. The molecule has 0 aliphatic rings. The van der Waals surface area contributed by atoms with Gasteiger partial charge in [0.15, 0.2) is 9.84 Å². The highest BCUT2D eigenvalue weighted by molar-refractivity contribution is 9.09. The molecule has 2 atom stereocenters. The van der Waals surface area contributed by atoms with E-state index in [4.69, 9.17) is 0 Å². The summed E-state index contributed by atoms with van der Waals surface area (Å²) in [5, 5.41) is 19.3. The molecule has 0 radical (unpaired) electrons. The van der Waals surface area contributed by atoms with Crippen molar-refractivity contribution in [3.05, 3.63) is 29.8 Å². The molecule has 0 amide bonds. The lowest BCUT2D eigenvalue weighted by Gasteiger charge is -2.15. The van der Waals surface area contributed by atoms with Gasteiger partial charge in [-0.3, -0.25) is 0 Å². The standard InChI is InChI=1S/C10H13BrO4S/c1-16(14,15)8-4-2-7(3-5-8)10(13)9(12)6-11/h2-5,9-10,12-13H,6H2,1H3. The Hall–Kier alpha value is -0.430. The summed E-state index contributed by atoms with van der Waals surface area (Å²) in [6.07, 6.45) is -0.816. The van der Waals surface area contributed by atoms with Crippen molar-refractivity contribution in [3.63, 3.8) is 0 Å². The van der Waals surface area contributed by atoms with Crippen molar-refractivity contribution in [1.82, 2.24) is 0 Å². The van der Waals surface area contributed by atoms with Crippen molar-refractivity contribution in [2.75, 3.05) is 11.6 Å². The summed E-state index contributed by atoms with van der Waals surface area (Å²) in [6, 6.07) is 5.81. The Kier molecular flexibility index (Phi) is 4.49. The molecule has 0 saturated carbocycles. The van der Waals surface area contributed by atoms with Gasteiger partial charge in [-0.2, -0.15) is 0 Å². The molecule has 4 nitrogen and oxygen atoms in total. The van der Waals surface area contributed by atoms with Gasteiger partial charge in [0.25, 0.3) is 0 Å². The highest BCUT2D eigenvalue weighted by Crippen LogP contribution is 2.20. The fourth-order valence-electron chi connectivity index (χ4n) is 1.22. The molecule has 0 aromatic heterocycles. The Morgan fingerprint density at radius 1 is 1.25 bits per heavy atom. The van der Waals surface area contributed by atoms with Crippen molar-refractivity contribution in [2.24, 2.45) is 0 Å². The van der Waals surface area contributed by atoms with Crippen LogP contribution in [0.2, 0.25) is 0 Å². The summed E-state index contributed by atoms with van der Waals surface area (Å²) in [4.78, 5) is 0.191. The number of rotatable bonds is 4. The molecule has 0 saturated heterocycles. The Morgan fingerprint density at radius 2 is 1.75 bits per heavy atom. The molecule has 0 aliphatic heterocycles. The van der Waals surface area contributed by atoms with E-state index >= 15 is 0 Å². The molecule has 90 valence electrons. The zero-order valence-corrected chi connectivity index (χ0v) is 11.1. The van der Waals surface area contributed by atoms with Gasteiger partial charge in [0.1, 0.15) is 6.10 Å². The number of halogens is 1. The van der Waals surface area contributed by atoms with Crippen molar-refractivity contribution < 1.29 is 18.6 Å². The zero-order valence-electron chi connectivity index (χ0n) is 8.67. The van der Waals surface area contributed by atoms with Crippen LogP contribution in [0.25, 0.3) is 0 Å². The molecule has 1 aromatic carbocycles. The summed E-state index contributed by atoms with van der Waals surface area (Å²) in [5.74, 6) is 0. The van der Waals surface area contributed by atoms with Gasteiger partial charge in [-0.05, 0) is 17.7 Å². The molecular weight excluding hydrogens is 296 g/mol. The van der Waals surface area contributed by atoms with Crippen LogP contribution in [-0.4, -0.2) is 36.3 Å². The lowest BCUT2D eigenvalue weighted by atomic mass is 10.1. The third kappa shape index (κ3) is 3.28. The summed E-state index contributed by atoms with van der Waals surface area (Å²) in [6.45, 7) is 0. The highest BCUT2D eigenvalue weighted by Gasteiger charge is 2.17. The molecule has 1 aromatic rings. The number of aliphatic hydroxyl groups excluding tert-OH is 2. The van der Waals surface area contributed by atoms with Gasteiger partial charge < -0.3 is 10.2 Å². The number of benzene rings is 1. The Labute approximate surface area is 103 Å². The van der Waals surface area contributed by atoms with Crippen LogP contribution < -0.4 is 0 Å². The van der Waals surface area contributed by atoms with Gasteiger partial charge in [0, 0.05) is 11.6 Å². The van der Waals surface area contributed by atoms with Crippen molar-refractivity contribution in [1.29, 1.82) is 0 Å². The van der Waals surface area contributed by atoms with E-state index in [2.05, 4.69) is 15.9 Å². The van der Waals surface area contributed by atoms with E-state index in [1.807, 2.05) is 0 Å². The van der Waals surface area contributed by atoms with E-state index in [1.54, 1.807) is 0 Å². The molecule has 0 spiro atoms. The Balaban J connectivity index is 2.96. The molecule has 0 bridgehead atoms. The number of hydrogen-bond acceptors (Lipinski definition) is 4. The van der Waals surface area contributed by atoms with E-state index in [9.17, 15) is 18.6 Å². The summed E-state index contributed by atoms with van der Waals surface area (Å²) >= 11 is 3.05. The minimum absolute atomic E-state index is 0.191. The first kappa shape index (κ1) is 13.6. The predicted octanol–water partition coefficient (Wildman–Crippen LogP) is 0.879. The topological polar surface area (TPSA) is 74.6 Å². The molecule has 0 heterocycles. The predicted molar refractivity (Wildman–Crippen MR) is 64.3 cm³/mol. The molecule has 1 rings (SSSR count). The molecular formula is C10H13BrO4S. The number of alkyl halides is 1. The fourth-order valence-corrected chi connectivity index (χ4v) is 2.20. The van der Waals surface area contributed by atoms with E-state index in [0.717, 1.165) is 6.26 Å². The fraction of sp³-hybridized carbons (Fsp3) is 0.400. The maximum atomic E-state index is 11.2. The molecule has 2 unspecified atom stereocenters. The minimum atomic E-state index is -3.22. The first-order chi connectivity index (χ1) is 7.36. The van der Waals surface area contributed by atoms with Gasteiger partial charge >= 0.3 is 0 Å². The lowest BCUT2D eigenvalue weighted by Crippen LogP contribution is -2.19. The minimum Gasteiger partial charge on any atom is -0.389 e. The van der Waals surface area contributed by atoms with Gasteiger partial charge in [-0.1, -0.05) is 28.1 Å². The van der Waals surface area contributed by atoms with Crippen LogP contribution in [0.1, 0.15) is 11.7 Å². The molecule has 2 N–H and O–H groups in total. The molecule has 0 aliphatic carbocycles. The molecule has 0 fully saturated rings. The second-order valence-electron chi connectivity index (χ2n) is 3.51. The SMILES string of the molecule is CS(=O)(=O)c1ccc(C(O)C(O)CBr)cc1. The normalized spacial score (nSPS) is 15.8. The van der Waals surface area contributed by atoms with E-state index < -0.39 is 22.0 Å². The second-order valence-corrected chi connectivity index (χ2v) is 6.17. The molecule has 6 heteroatoms. The summed E-state index contributed by atoms with van der Waals surface area (Å²) in [5.41, 5.74) is 0.486. The van der Waals surface area contributed by atoms with Crippen LogP contribution in [0, 0.1) is 0 Å². The third-order valence-corrected chi connectivity index (χ3v) is 3.96. The lowest BCUT2D eigenvalue weighted by molar-refractivity contribution is 0.0342. The van der Waals surface area contributed by atoms with Gasteiger partial charge in [0.05, 0.1) is 11.0 Å². The first-order valence-electron chi connectivity index (χ1n) is 4.58. The summed E-state index contributed by atoms with van der Waals surface area (Å²) in [7, 11) is -3.22. The van der Waals surface area contributed by atoms with E-state index in [0.29, 0.717) is 5.56 Å². The van der Waals surface area contributed by atoms with Crippen LogP contribution >= 0.6 is 15.9 Å². The van der Waals surface area contributed by atoms with Crippen LogP contribution in [-0.2, 0) is 9.84 Å². The highest BCUT2D eigenvalue weighted by atomic mass is 79.9. The maximum Gasteiger partial charge on any atom is 0.175 e. The smallest absolute Gasteiger partial charge is 0.175 e. The van der Waals surface area contributed by atoms with Gasteiger partial charge in [-0.25, -0.2) is 8.42 Å². The second kappa shape index (κ2) is 5.27. The van der Waals surface area contributed by atoms with Crippen LogP contribution in [0.3, 0.4) is 0 Å². The number of aliphatic hydroxyl groups is 2. The number of hydrogen-bond donors (Lipinski definition) is 2. The van der Waals surface area contributed by atoms with Crippen molar-refractivity contribution in [3.8, 4) is 0 Å². The average Bonchev–Trinajstić information content (AvgIpc) is 2.26. The zero-order chi connectivity index (χ0) is 12.3. The molecule has 16 heavy (non-hydrogen) atoms. The maximum absolute atomic E-state index is 11.2. The van der Waals surface area contributed by atoms with Crippen molar-refractivity contribution in [2.45, 2.75) is 17.1 Å². The van der Waals surface area contributed by atoms with Gasteiger partial charge in [-0.15, -0.1) is 0 Å². The van der Waals surface area contributed by atoms with Crippen LogP contribution in [0.15, 0.2) is 29.2 Å².